The van der Waals surface area contributed by atoms with Crippen molar-refractivity contribution in [1.29, 1.82) is 0 Å². The van der Waals surface area contributed by atoms with Gasteiger partial charge in [0, 0.05) is 6.42 Å². The van der Waals surface area contributed by atoms with Gasteiger partial charge in [-0.05, 0) is 30.7 Å². The highest BCUT2D eigenvalue weighted by atomic mass is 16.4. The Hall–Kier alpha value is -2.52. The highest BCUT2D eigenvalue weighted by Crippen LogP contribution is 2.24. The number of carboxylic acids is 2. The van der Waals surface area contributed by atoms with Gasteiger partial charge in [0.15, 0.2) is 0 Å². The number of aliphatic carboxylic acids is 2. The molecule has 1 unspecified atom stereocenters. The molecule has 0 radical (unpaired) electrons. The van der Waals surface area contributed by atoms with Crippen LogP contribution < -0.4 is 5.32 Å². The summed E-state index contributed by atoms with van der Waals surface area (Å²) >= 11 is 0. The fraction of sp³-hybridized carbons (Fsp3) is 0.600. The predicted molar refractivity (Wildman–Crippen MR) is 63.5 cm³/mol. The topological polar surface area (TPSA) is 158 Å². The molecule has 0 bridgehead atoms. The zero-order valence-corrected chi connectivity index (χ0v) is 11.0. The van der Waals surface area contributed by atoms with Crippen LogP contribution in [-0.4, -0.2) is 54.7 Å². The predicted octanol–water partition coefficient (Wildman–Crippen LogP) is -1.19. The molecule has 0 saturated heterocycles. The maximum atomic E-state index is 12.0. The van der Waals surface area contributed by atoms with Gasteiger partial charge in [-0.2, -0.15) is 0 Å². The molecule has 10 heteroatoms. The van der Waals surface area contributed by atoms with Gasteiger partial charge in [-0.1, -0.05) is 0 Å². The highest BCUT2D eigenvalue weighted by Gasteiger charge is 2.42. The van der Waals surface area contributed by atoms with Crippen LogP contribution in [0, 0.1) is 5.41 Å². The van der Waals surface area contributed by atoms with E-state index in [2.05, 4.69) is 25.9 Å². The molecule has 0 spiro atoms. The van der Waals surface area contributed by atoms with Crippen molar-refractivity contribution in [3.8, 4) is 0 Å². The molecule has 1 aromatic heterocycles. The number of aromatic amines is 1. The van der Waals surface area contributed by atoms with E-state index in [-0.39, 0.29) is 12.8 Å². The van der Waals surface area contributed by atoms with Gasteiger partial charge in [0.25, 0.3) is 0 Å². The molecule has 0 saturated carbocycles. The number of tetrazole rings is 1. The van der Waals surface area contributed by atoms with Crippen LogP contribution >= 0.6 is 0 Å². The van der Waals surface area contributed by atoms with Crippen LogP contribution in [0.15, 0.2) is 0 Å². The lowest BCUT2D eigenvalue weighted by Crippen LogP contribution is -2.49. The monoisotopic (exact) mass is 285 g/mol. The number of amides is 1. The van der Waals surface area contributed by atoms with Gasteiger partial charge in [-0.3, -0.25) is 14.4 Å². The normalized spacial score (nSPS) is 15.1. The summed E-state index contributed by atoms with van der Waals surface area (Å²) in [5, 5.41) is 32.8. The third-order valence-electron chi connectivity index (χ3n) is 2.94. The molecule has 4 N–H and O–H groups in total. The molecule has 0 aliphatic carbocycles. The van der Waals surface area contributed by atoms with E-state index in [9.17, 15) is 19.5 Å². The average Bonchev–Trinajstić information content (AvgIpc) is 2.88. The van der Waals surface area contributed by atoms with E-state index < -0.39 is 29.3 Å². The highest BCUT2D eigenvalue weighted by molar-refractivity contribution is 6.02. The maximum Gasteiger partial charge on any atom is 0.325 e. The molecule has 110 valence electrons. The average molecular weight is 285 g/mol. The summed E-state index contributed by atoms with van der Waals surface area (Å²) < 4.78 is 0. The minimum Gasteiger partial charge on any atom is -0.480 e. The van der Waals surface area contributed by atoms with Crippen molar-refractivity contribution in [3.63, 3.8) is 0 Å². The molecule has 1 heterocycles. The van der Waals surface area contributed by atoms with Crippen molar-refractivity contribution in [2.75, 3.05) is 0 Å². The van der Waals surface area contributed by atoms with E-state index in [1.165, 1.54) is 13.8 Å². The molecular weight excluding hydrogens is 270 g/mol. The lowest BCUT2D eigenvalue weighted by molar-refractivity contribution is -0.157. The number of carbonyl (C=O) groups excluding carboxylic acids is 1. The second kappa shape index (κ2) is 6.08. The van der Waals surface area contributed by atoms with Crippen LogP contribution in [0.1, 0.15) is 26.1 Å². The number of aromatic nitrogens is 4. The Labute approximate surface area is 113 Å². The van der Waals surface area contributed by atoms with E-state index in [1.54, 1.807) is 0 Å². The first kappa shape index (κ1) is 15.5. The molecule has 2 atom stereocenters. The number of hydrogen-bond donors (Lipinski definition) is 4. The van der Waals surface area contributed by atoms with Gasteiger partial charge >= 0.3 is 11.9 Å². The number of nitrogens with zero attached hydrogens (tertiary/aromatic N) is 3. The fourth-order valence-corrected chi connectivity index (χ4v) is 1.39. The fourth-order valence-electron chi connectivity index (χ4n) is 1.39. The zero-order chi connectivity index (χ0) is 15.3. The largest absolute Gasteiger partial charge is 0.480 e. The first-order chi connectivity index (χ1) is 9.27. The molecule has 1 amide bonds. The second-order valence-electron chi connectivity index (χ2n) is 4.52. The first-order valence-corrected chi connectivity index (χ1v) is 5.77. The minimum atomic E-state index is -1.77. The summed E-state index contributed by atoms with van der Waals surface area (Å²) in [4.78, 5) is 33.9. The molecule has 0 fully saturated rings. The van der Waals surface area contributed by atoms with Gasteiger partial charge in [0.1, 0.15) is 17.3 Å². The van der Waals surface area contributed by atoms with E-state index in [4.69, 9.17) is 5.11 Å². The molecule has 1 rings (SSSR count). The summed E-state index contributed by atoms with van der Waals surface area (Å²) in [6, 6.07) is -1.17. The third-order valence-corrected chi connectivity index (χ3v) is 2.94. The van der Waals surface area contributed by atoms with E-state index in [0.717, 1.165) is 0 Å². The Morgan fingerprint density at radius 3 is 2.50 bits per heavy atom. The SMILES string of the molecule is C[C@@H](NC(=O)C(C)(CCc1nnn[nH]1)C(=O)O)C(=O)O. The number of H-pyrrole nitrogens is 1. The van der Waals surface area contributed by atoms with Crippen molar-refractivity contribution < 1.29 is 24.6 Å². The Balaban J connectivity index is 2.77. The van der Waals surface area contributed by atoms with Crippen LogP contribution in [0.3, 0.4) is 0 Å². The summed E-state index contributed by atoms with van der Waals surface area (Å²) in [6.45, 7) is 2.48. The van der Waals surface area contributed by atoms with Crippen molar-refractivity contribution in [3.05, 3.63) is 5.82 Å². The van der Waals surface area contributed by atoms with Gasteiger partial charge in [0.05, 0.1) is 0 Å². The minimum absolute atomic E-state index is 0.0720. The first-order valence-electron chi connectivity index (χ1n) is 5.77. The van der Waals surface area contributed by atoms with Crippen molar-refractivity contribution in [2.45, 2.75) is 32.7 Å². The van der Waals surface area contributed by atoms with E-state index in [1.807, 2.05) is 0 Å². The summed E-state index contributed by atoms with van der Waals surface area (Å²) in [7, 11) is 0. The van der Waals surface area contributed by atoms with Gasteiger partial charge < -0.3 is 15.5 Å². The Morgan fingerprint density at radius 1 is 1.40 bits per heavy atom. The number of carboxylic acid groups (broad SMARTS) is 2. The lowest BCUT2D eigenvalue weighted by Gasteiger charge is -2.24. The third kappa shape index (κ3) is 3.49. The molecule has 10 nitrogen and oxygen atoms in total. The van der Waals surface area contributed by atoms with Crippen molar-refractivity contribution >= 4 is 17.8 Å². The Bertz CT molecular complexity index is 502. The Kier molecular flexibility index (Phi) is 4.73. The van der Waals surface area contributed by atoms with Crippen LogP contribution in [0.2, 0.25) is 0 Å². The van der Waals surface area contributed by atoms with E-state index >= 15 is 0 Å². The number of nitrogens with one attached hydrogen (secondary N) is 2. The molecule has 20 heavy (non-hydrogen) atoms. The number of hydrogen-bond acceptors (Lipinski definition) is 6. The molecule has 0 aliphatic rings. The van der Waals surface area contributed by atoms with Crippen molar-refractivity contribution in [2.24, 2.45) is 5.41 Å². The Morgan fingerprint density at radius 2 is 2.05 bits per heavy atom. The van der Waals surface area contributed by atoms with Gasteiger partial charge in [-0.15, -0.1) is 5.10 Å². The quantitative estimate of drug-likeness (QED) is 0.455. The summed E-state index contributed by atoms with van der Waals surface area (Å²) in [6.07, 6.45) is 0.0715. The molecule has 1 aromatic rings. The van der Waals surface area contributed by atoms with Crippen LogP contribution in [0.25, 0.3) is 0 Å². The van der Waals surface area contributed by atoms with Gasteiger partial charge in [-0.25, -0.2) is 5.10 Å². The van der Waals surface area contributed by atoms with Gasteiger partial charge in [0.2, 0.25) is 5.91 Å². The maximum absolute atomic E-state index is 12.0. The number of rotatable bonds is 7. The number of aryl methyl sites for hydroxylation is 1. The zero-order valence-electron chi connectivity index (χ0n) is 11.0. The van der Waals surface area contributed by atoms with Crippen LogP contribution in [-0.2, 0) is 20.8 Å². The van der Waals surface area contributed by atoms with Crippen molar-refractivity contribution in [1.82, 2.24) is 25.9 Å². The van der Waals surface area contributed by atoms with Crippen LogP contribution in [0.5, 0.6) is 0 Å². The number of carbonyl (C=O) groups is 3. The molecule has 0 aromatic carbocycles. The second-order valence-corrected chi connectivity index (χ2v) is 4.52. The molecule has 0 aliphatic heterocycles. The smallest absolute Gasteiger partial charge is 0.325 e. The van der Waals surface area contributed by atoms with Crippen LogP contribution in [0.4, 0.5) is 0 Å². The summed E-state index contributed by atoms with van der Waals surface area (Å²) in [5.41, 5.74) is -1.77. The summed E-state index contributed by atoms with van der Waals surface area (Å²) in [5.74, 6) is -3.12. The van der Waals surface area contributed by atoms with E-state index in [0.29, 0.717) is 5.82 Å². The molecular formula is C10H15N5O5. The standard InChI is InChI=1S/C10H15N5O5/c1-5(7(16)17)11-8(18)10(2,9(19)20)4-3-6-12-14-15-13-6/h5H,3-4H2,1-2H3,(H,11,18)(H,16,17)(H,19,20)(H,12,13,14,15)/t5-,10?/m1/s1. The lowest BCUT2D eigenvalue weighted by atomic mass is 9.84.